The number of fused-ring (bicyclic) bond motifs is 12. The second kappa shape index (κ2) is 12.2. The molecule has 0 radical (unpaired) electrons. The van der Waals surface area contributed by atoms with E-state index in [1.807, 2.05) is 60.7 Å². The van der Waals surface area contributed by atoms with Crippen LogP contribution in [0.15, 0.2) is 191 Å². The summed E-state index contributed by atoms with van der Waals surface area (Å²) in [6.45, 7) is 0. The quantitative estimate of drug-likeness (QED) is 0.179. The zero-order chi connectivity index (χ0) is 38.6. The number of para-hydroxylation sites is 3. The van der Waals surface area contributed by atoms with Gasteiger partial charge in [-0.3, -0.25) is 0 Å². The molecule has 4 aromatic heterocycles. The van der Waals surface area contributed by atoms with Crippen LogP contribution in [0.25, 0.3) is 127 Å². The minimum absolute atomic E-state index is 0.544. The topological polar surface area (TPSA) is 69.9 Å². The first-order valence-electron chi connectivity index (χ1n) is 19.8. The van der Waals surface area contributed by atoms with Crippen molar-refractivity contribution >= 4 is 87.2 Å². The Morgan fingerprint density at radius 1 is 0.373 bits per heavy atom. The fraction of sp³-hybridized carbons (Fsp3) is 0. The Hall–Kier alpha value is -8.09. The lowest BCUT2D eigenvalue weighted by molar-refractivity contribution is 0.669. The zero-order valence-electron chi connectivity index (χ0n) is 31.4. The molecule has 0 aliphatic rings. The zero-order valence-corrected chi connectivity index (χ0v) is 31.4. The molecule has 13 rings (SSSR count). The minimum atomic E-state index is 0.544. The van der Waals surface area contributed by atoms with E-state index in [-0.39, 0.29) is 0 Å². The van der Waals surface area contributed by atoms with Gasteiger partial charge in [0.25, 0.3) is 0 Å². The van der Waals surface area contributed by atoms with Crippen molar-refractivity contribution in [1.82, 2.24) is 19.5 Å². The van der Waals surface area contributed by atoms with E-state index in [1.165, 1.54) is 21.5 Å². The number of hydrogen-bond donors (Lipinski definition) is 0. The van der Waals surface area contributed by atoms with Gasteiger partial charge in [-0.2, -0.15) is 0 Å². The molecule has 0 unspecified atom stereocenters. The number of furan rings is 2. The lowest BCUT2D eigenvalue weighted by Gasteiger charge is -2.19. The summed E-state index contributed by atoms with van der Waals surface area (Å²) in [7, 11) is 0. The number of nitrogens with zero attached hydrogens (tertiary/aromatic N) is 4. The normalized spacial score (nSPS) is 12.1. The molecule has 13 aromatic rings. The third-order valence-electron chi connectivity index (χ3n) is 11.8. The van der Waals surface area contributed by atoms with Gasteiger partial charge in [0.05, 0.1) is 22.3 Å². The van der Waals surface area contributed by atoms with Crippen LogP contribution in [0.5, 0.6) is 0 Å². The SMILES string of the molecule is c1ccc(-c2nc(-c3cccc4oc5ccccc5c34)nc(-c3c(-n4c5ccccc5c5cc6ccccc6cc54)c4ccccc4c4oc5ccccc5c34)n2)cc1. The third-order valence-corrected chi connectivity index (χ3v) is 11.8. The molecule has 0 amide bonds. The number of rotatable bonds is 4. The summed E-state index contributed by atoms with van der Waals surface area (Å²) in [6, 6.07) is 63.1. The van der Waals surface area contributed by atoms with Gasteiger partial charge in [-0.25, -0.2) is 15.0 Å². The fourth-order valence-electron chi connectivity index (χ4n) is 9.26. The molecule has 6 heteroatoms. The van der Waals surface area contributed by atoms with E-state index in [0.29, 0.717) is 17.5 Å². The van der Waals surface area contributed by atoms with Crippen molar-refractivity contribution < 1.29 is 8.83 Å². The Morgan fingerprint density at radius 3 is 1.78 bits per heavy atom. The van der Waals surface area contributed by atoms with Crippen molar-refractivity contribution in [3.05, 3.63) is 182 Å². The predicted octanol–water partition coefficient (Wildman–Crippen LogP) is 14.1. The molecule has 274 valence electrons. The molecule has 4 heterocycles. The Bertz CT molecular complexity index is 3860. The highest BCUT2D eigenvalue weighted by molar-refractivity contribution is 6.26. The molecule has 59 heavy (non-hydrogen) atoms. The van der Waals surface area contributed by atoms with E-state index in [9.17, 15) is 0 Å². The van der Waals surface area contributed by atoms with Crippen molar-refractivity contribution in [2.45, 2.75) is 0 Å². The van der Waals surface area contributed by atoms with Crippen LogP contribution in [0.2, 0.25) is 0 Å². The van der Waals surface area contributed by atoms with Gasteiger partial charge in [0.15, 0.2) is 17.5 Å². The van der Waals surface area contributed by atoms with Crippen molar-refractivity contribution in [1.29, 1.82) is 0 Å². The van der Waals surface area contributed by atoms with E-state index in [4.69, 9.17) is 23.8 Å². The van der Waals surface area contributed by atoms with Crippen molar-refractivity contribution in [3.8, 4) is 39.9 Å². The first kappa shape index (κ1) is 32.0. The maximum atomic E-state index is 6.87. The van der Waals surface area contributed by atoms with Crippen LogP contribution in [0.3, 0.4) is 0 Å². The number of aromatic nitrogens is 4. The average molecular weight is 755 g/mol. The Morgan fingerprint density at radius 2 is 0.966 bits per heavy atom. The van der Waals surface area contributed by atoms with Crippen LogP contribution in [-0.2, 0) is 0 Å². The van der Waals surface area contributed by atoms with Gasteiger partial charge >= 0.3 is 0 Å². The molecule has 0 fully saturated rings. The number of hydrogen-bond acceptors (Lipinski definition) is 5. The van der Waals surface area contributed by atoms with Crippen molar-refractivity contribution in [2.24, 2.45) is 0 Å². The lowest BCUT2D eigenvalue weighted by atomic mass is 9.96. The molecule has 0 N–H and O–H groups in total. The summed E-state index contributed by atoms with van der Waals surface area (Å²) in [5, 5.41) is 10.6. The van der Waals surface area contributed by atoms with Crippen molar-refractivity contribution in [2.75, 3.05) is 0 Å². The Labute approximate surface area is 336 Å². The van der Waals surface area contributed by atoms with Gasteiger partial charge in [-0.15, -0.1) is 0 Å². The van der Waals surface area contributed by atoms with Gasteiger partial charge in [-0.1, -0.05) is 146 Å². The van der Waals surface area contributed by atoms with E-state index in [1.54, 1.807) is 0 Å². The predicted molar refractivity (Wildman–Crippen MR) is 240 cm³/mol. The molecule has 0 spiro atoms. The highest BCUT2D eigenvalue weighted by Gasteiger charge is 2.28. The minimum Gasteiger partial charge on any atom is -0.456 e. The smallest absolute Gasteiger partial charge is 0.167 e. The monoisotopic (exact) mass is 754 g/mol. The van der Waals surface area contributed by atoms with Gasteiger partial charge in [0, 0.05) is 54.2 Å². The molecule has 0 bridgehead atoms. The fourth-order valence-corrected chi connectivity index (χ4v) is 9.26. The lowest BCUT2D eigenvalue weighted by Crippen LogP contribution is -2.05. The summed E-state index contributed by atoms with van der Waals surface area (Å²) in [5.41, 5.74) is 8.96. The maximum Gasteiger partial charge on any atom is 0.167 e. The molecule has 0 saturated heterocycles. The Balaban J connectivity index is 1.25. The van der Waals surface area contributed by atoms with Gasteiger partial charge < -0.3 is 13.4 Å². The largest absolute Gasteiger partial charge is 0.456 e. The van der Waals surface area contributed by atoms with Crippen LogP contribution in [0, 0.1) is 0 Å². The van der Waals surface area contributed by atoms with Crippen LogP contribution in [-0.4, -0.2) is 19.5 Å². The molecule has 0 aliphatic heterocycles. The molecule has 0 saturated carbocycles. The summed E-state index contributed by atoms with van der Waals surface area (Å²) in [4.78, 5) is 16.3. The van der Waals surface area contributed by atoms with Gasteiger partial charge in [0.2, 0.25) is 0 Å². The van der Waals surface area contributed by atoms with E-state index in [0.717, 1.165) is 88.1 Å². The van der Waals surface area contributed by atoms with Gasteiger partial charge in [0.1, 0.15) is 22.3 Å². The highest BCUT2D eigenvalue weighted by atomic mass is 16.3. The van der Waals surface area contributed by atoms with Crippen molar-refractivity contribution in [3.63, 3.8) is 0 Å². The number of benzene rings is 9. The standard InChI is InChI=1S/C53H30N4O2/c1-2-15-31(16-3-1)51-54-52(39-24-14-28-45-46(39)37-22-9-12-26-43(37)58-45)56-53(55-51)48-47-38-23-10-13-27-44(38)59-50(47)36-21-7-6-20-35(36)49(48)57-41-25-11-8-19-34(41)40-29-32-17-4-5-18-33(32)30-42(40)57/h1-30H. The van der Waals surface area contributed by atoms with E-state index < -0.39 is 0 Å². The average Bonchev–Trinajstić information content (AvgIpc) is 3.98. The highest BCUT2D eigenvalue weighted by Crippen LogP contribution is 2.48. The maximum absolute atomic E-state index is 6.87. The molecular weight excluding hydrogens is 725 g/mol. The first-order chi connectivity index (χ1) is 29.3. The van der Waals surface area contributed by atoms with Crippen LogP contribution in [0.1, 0.15) is 0 Å². The van der Waals surface area contributed by atoms with E-state index in [2.05, 4.69) is 126 Å². The van der Waals surface area contributed by atoms with Crippen LogP contribution in [0.4, 0.5) is 0 Å². The summed E-state index contributed by atoms with van der Waals surface area (Å²) in [5.74, 6) is 1.67. The van der Waals surface area contributed by atoms with E-state index >= 15 is 0 Å². The summed E-state index contributed by atoms with van der Waals surface area (Å²) < 4.78 is 15.7. The molecule has 0 atom stereocenters. The second-order valence-corrected chi connectivity index (χ2v) is 15.1. The van der Waals surface area contributed by atoms with Crippen LogP contribution >= 0.6 is 0 Å². The molecule has 6 nitrogen and oxygen atoms in total. The first-order valence-corrected chi connectivity index (χ1v) is 19.8. The summed E-state index contributed by atoms with van der Waals surface area (Å²) in [6.07, 6.45) is 0. The summed E-state index contributed by atoms with van der Waals surface area (Å²) >= 11 is 0. The third kappa shape index (κ3) is 4.65. The van der Waals surface area contributed by atoms with Crippen LogP contribution < -0.4 is 0 Å². The molecular formula is C53H30N4O2. The second-order valence-electron chi connectivity index (χ2n) is 15.1. The van der Waals surface area contributed by atoms with Gasteiger partial charge in [-0.05, 0) is 47.2 Å². The molecule has 0 aliphatic carbocycles. The Kier molecular flexibility index (Phi) is 6.63. The molecule has 9 aromatic carbocycles.